The molecule has 0 spiro atoms. The molecule has 2 aliphatic carbocycles. The summed E-state index contributed by atoms with van der Waals surface area (Å²) in [5.74, 6) is 0.708. The van der Waals surface area contributed by atoms with Crippen LogP contribution < -0.4 is 10.6 Å². The first-order valence-corrected chi connectivity index (χ1v) is 14.8. The summed E-state index contributed by atoms with van der Waals surface area (Å²) in [6, 6.07) is -1.03. The van der Waals surface area contributed by atoms with Crippen molar-refractivity contribution in [3.8, 4) is 0 Å². The van der Waals surface area contributed by atoms with Gasteiger partial charge < -0.3 is 25.0 Å². The van der Waals surface area contributed by atoms with Crippen LogP contribution in [0.3, 0.4) is 0 Å². The van der Waals surface area contributed by atoms with Gasteiger partial charge in [-0.1, -0.05) is 23.8 Å². The van der Waals surface area contributed by atoms with Gasteiger partial charge in [-0.2, -0.15) is 11.8 Å². The van der Waals surface area contributed by atoms with Crippen molar-refractivity contribution >= 4 is 35.3 Å². The van der Waals surface area contributed by atoms with Gasteiger partial charge in [0.15, 0.2) is 0 Å². The second-order valence-electron chi connectivity index (χ2n) is 11.1. The number of amides is 3. The number of carbonyl (C=O) groups excluding carboxylic acids is 2. The number of carbonyl (C=O) groups is 2. The van der Waals surface area contributed by atoms with Crippen LogP contribution in [0.5, 0.6) is 0 Å². The number of ether oxygens (including phenoxy) is 2. The normalized spacial score (nSPS) is 37.1. The summed E-state index contributed by atoms with van der Waals surface area (Å²) in [5.41, 5.74) is -0.485. The van der Waals surface area contributed by atoms with Gasteiger partial charge in [0.1, 0.15) is 11.5 Å². The second kappa shape index (κ2) is 13.3. The first kappa shape index (κ1) is 30.4. The maximum atomic E-state index is 12.4. The van der Waals surface area contributed by atoms with Crippen LogP contribution in [0.25, 0.3) is 0 Å². The molecule has 10 heteroatoms. The Morgan fingerprint density at radius 1 is 1.27 bits per heavy atom. The summed E-state index contributed by atoms with van der Waals surface area (Å²) in [7, 11) is 1.59. The van der Waals surface area contributed by atoms with Crippen molar-refractivity contribution in [3.05, 3.63) is 23.8 Å². The van der Waals surface area contributed by atoms with Crippen molar-refractivity contribution in [2.75, 3.05) is 31.1 Å². The van der Waals surface area contributed by atoms with Gasteiger partial charge in [0.05, 0.1) is 23.9 Å². The molecule has 0 aromatic rings. The number of rotatable bonds is 11. The Hall–Kier alpha value is -1.10. The minimum atomic E-state index is -1.07. The zero-order valence-electron chi connectivity index (χ0n) is 22.4. The maximum absolute atomic E-state index is 12.4. The third kappa shape index (κ3) is 7.51. The molecule has 37 heavy (non-hydrogen) atoms. The van der Waals surface area contributed by atoms with Crippen molar-refractivity contribution in [1.82, 2.24) is 10.6 Å². The Balaban J connectivity index is 1.77. The molecule has 3 amide bonds. The van der Waals surface area contributed by atoms with Gasteiger partial charge in [-0.3, -0.25) is 10.1 Å². The van der Waals surface area contributed by atoms with E-state index in [1.807, 2.05) is 20.8 Å². The second-order valence-corrected chi connectivity index (χ2v) is 12.3. The number of aliphatic hydroxyl groups is 2. The zero-order chi connectivity index (χ0) is 27.2. The molecule has 8 atom stereocenters. The fraction of sp³-hybridized carbons (Fsp3) is 0.778. The minimum absolute atomic E-state index is 0.0609. The first-order valence-electron chi connectivity index (χ1n) is 13.1. The highest BCUT2D eigenvalue weighted by molar-refractivity contribution is 7.99. The average Bonchev–Trinajstić information content (AvgIpc) is 3.53. The summed E-state index contributed by atoms with van der Waals surface area (Å²) in [5, 5.41) is 27.0. The number of epoxide rings is 1. The number of aliphatic hydroxyl groups excluding tert-OH is 1. The van der Waals surface area contributed by atoms with Gasteiger partial charge in [0.2, 0.25) is 5.91 Å². The molecule has 8 nitrogen and oxygen atoms in total. The molecule has 0 radical (unpaired) electrons. The van der Waals surface area contributed by atoms with Crippen molar-refractivity contribution in [2.45, 2.75) is 82.3 Å². The number of methoxy groups -OCH3 is 1. The minimum Gasteiger partial charge on any atom is -0.396 e. The molecule has 1 aliphatic heterocycles. The topological polar surface area (TPSA) is 120 Å². The number of hydrogen-bond acceptors (Lipinski definition) is 7. The molecule has 0 bridgehead atoms. The van der Waals surface area contributed by atoms with Crippen LogP contribution in [-0.2, 0) is 14.3 Å². The molecule has 3 aliphatic rings. The van der Waals surface area contributed by atoms with Crippen LogP contribution in [0.15, 0.2) is 23.8 Å². The van der Waals surface area contributed by atoms with Gasteiger partial charge in [-0.25, -0.2) is 4.79 Å². The highest BCUT2D eigenvalue weighted by Gasteiger charge is 2.67. The zero-order valence-corrected chi connectivity index (χ0v) is 23.9. The largest absolute Gasteiger partial charge is 0.396 e. The standard InChI is InChI=1S/C27H43ClN2O6S/c1-17(2)9-10-21-26(3,36-21)24-23(35-4)20(29-25(33)30-22(32)13-28)11-12-27(24,34)16-37-15-19-8-6-5-7-18(19)14-31/h5-6,9,18-21,23-24,31,34H,7-8,10-16H2,1-4H3,(H2,29,30,32,33). The van der Waals surface area contributed by atoms with E-state index in [0.717, 1.165) is 25.0 Å². The van der Waals surface area contributed by atoms with E-state index in [9.17, 15) is 19.8 Å². The number of hydrogen-bond donors (Lipinski definition) is 4. The number of nitrogens with one attached hydrogen (secondary N) is 2. The Kier molecular flexibility index (Phi) is 10.9. The predicted molar refractivity (Wildman–Crippen MR) is 147 cm³/mol. The summed E-state index contributed by atoms with van der Waals surface area (Å²) in [4.78, 5) is 24.0. The quantitative estimate of drug-likeness (QED) is 0.174. The SMILES string of the molecule is COC1C(NC(=O)NC(=O)CCl)CCC(O)(CSCC2CC=CCC2CO)C1C1(C)OC1CC=C(C)C. The van der Waals surface area contributed by atoms with E-state index < -0.39 is 41.2 Å². The third-order valence-corrected chi connectivity index (χ3v) is 9.73. The number of halogens is 1. The van der Waals surface area contributed by atoms with E-state index in [1.54, 1.807) is 18.9 Å². The summed E-state index contributed by atoms with van der Waals surface area (Å²) < 4.78 is 12.2. The number of allylic oxidation sites excluding steroid dienone is 3. The van der Waals surface area contributed by atoms with Gasteiger partial charge in [0.25, 0.3) is 0 Å². The van der Waals surface area contributed by atoms with E-state index in [1.165, 1.54) is 5.57 Å². The Morgan fingerprint density at radius 2 is 1.97 bits per heavy atom. The van der Waals surface area contributed by atoms with Crippen molar-refractivity contribution in [2.24, 2.45) is 17.8 Å². The van der Waals surface area contributed by atoms with Crippen LogP contribution in [0.4, 0.5) is 4.79 Å². The van der Waals surface area contributed by atoms with Gasteiger partial charge in [-0.05, 0) is 70.5 Å². The van der Waals surface area contributed by atoms with Crippen molar-refractivity contribution in [3.63, 3.8) is 0 Å². The van der Waals surface area contributed by atoms with Crippen LogP contribution in [-0.4, -0.2) is 82.7 Å². The molecular weight excluding hydrogens is 516 g/mol. The molecule has 0 aromatic heterocycles. The molecule has 1 saturated heterocycles. The molecular formula is C27H43ClN2O6S. The van der Waals surface area contributed by atoms with E-state index in [0.29, 0.717) is 24.5 Å². The predicted octanol–water partition coefficient (Wildman–Crippen LogP) is 3.40. The molecule has 4 N–H and O–H groups in total. The number of urea groups is 1. The summed E-state index contributed by atoms with van der Waals surface area (Å²) in [6.07, 6.45) is 9.41. The lowest BCUT2D eigenvalue weighted by Gasteiger charge is -2.49. The average molecular weight is 559 g/mol. The van der Waals surface area contributed by atoms with E-state index in [4.69, 9.17) is 21.1 Å². The number of imide groups is 1. The highest BCUT2D eigenvalue weighted by Crippen LogP contribution is 2.55. The fourth-order valence-corrected chi connectivity index (χ4v) is 7.59. The molecule has 2 fully saturated rings. The molecule has 1 saturated carbocycles. The van der Waals surface area contributed by atoms with Gasteiger partial charge >= 0.3 is 6.03 Å². The lowest BCUT2D eigenvalue weighted by Crippen LogP contribution is -2.64. The van der Waals surface area contributed by atoms with E-state index in [-0.39, 0.29) is 24.5 Å². The third-order valence-electron chi connectivity index (χ3n) is 8.12. The molecule has 210 valence electrons. The van der Waals surface area contributed by atoms with Crippen molar-refractivity contribution in [1.29, 1.82) is 0 Å². The van der Waals surface area contributed by atoms with E-state index in [2.05, 4.69) is 28.9 Å². The number of alkyl halides is 1. The van der Waals surface area contributed by atoms with Crippen LogP contribution in [0, 0.1) is 17.8 Å². The molecule has 0 aromatic carbocycles. The highest BCUT2D eigenvalue weighted by atomic mass is 35.5. The number of thioether (sulfide) groups is 1. The van der Waals surface area contributed by atoms with Gasteiger partial charge in [-0.15, -0.1) is 11.6 Å². The van der Waals surface area contributed by atoms with Gasteiger partial charge in [0, 0.05) is 25.4 Å². The molecule has 8 unspecified atom stereocenters. The van der Waals surface area contributed by atoms with Crippen LogP contribution in [0.2, 0.25) is 0 Å². The van der Waals surface area contributed by atoms with Crippen molar-refractivity contribution < 1.29 is 29.3 Å². The Morgan fingerprint density at radius 3 is 2.59 bits per heavy atom. The molecule has 3 rings (SSSR count). The lowest BCUT2D eigenvalue weighted by atomic mass is 9.65. The lowest BCUT2D eigenvalue weighted by molar-refractivity contribution is -0.137. The molecule has 1 heterocycles. The monoisotopic (exact) mass is 558 g/mol. The summed E-state index contributed by atoms with van der Waals surface area (Å²) in [6.45, 7) is 6.29. The Bertz CT molecular complexity index is 868. The first-order chi connectivity index (χ1) is 17.6. The van der Waals surface area contributed by atoms with Crippen LogP contribution in [0.1, 0.15) is 52.9 Å². The van der Waals surface area contributed by atoms with E-state index >= 15 is 0 Å². The fourth-order valence-electron chi connectivity index (χ4n) is 6.02. The smallest absolute Gasteiger partial charge is 0.321 e. The summed E-state index contributed by atoms with van der Waals surface area (Å²) >= 11 is 7.24. The Labute approximate surface area is 229 Å². The maximum Gasteiger partial charge on any atom is 0.321 e. The van der Waals surface area contributed by atoms with Crippen LogP contribution >= 0.6 is 23.4 Å².